The Kier molecular flexibility index (Phi) is 8.52. The molecule has 4 rings (SSSR count). The monoisotopic (exact) mass is 615 g/mol. The number of hydrogen-bond donors (Lipinski definition) is 2. The number of nitrogens with zero attached hydrogens (tertiary/aromatic N) is 1. The molecule has 3 aliphatic rings. The van der Waals surface area contributed by atoms with Crippen molar-refractivity contribution in [2.75, 3.05) is 4.43 Å². The van der Waals surface area contributed by atoms with Gasteiger partial charge in [0, 0.05) is 33.6 Å². The number of carbonyl (C=O) groups excluding carboxylic acids is 2. The van der Waals surface area contributed by atoms with Gasteiger partial charge in [0.05, 0.1) is 41.0 Å². The lowest BCUT2D eigenvalue weighted by atomic mass is 9.75. The van der Waals surface area contributed by atoms with Crippen molar-refractivity contribution in [1.82, 2.24) is 4.98 Å². The van der Waals surface area contributed by atoms with E-state index in [9.17, 15) is 19.8 Å². The van der Waals surface area contributed by atoms with E-state index in [1.807, 2.05) is 25.3 Å². The van der Waals surface area contributed by atoms with Crippen LogP contribution in [0.5, 0.6) is 0 Å². The highest BCUT2D eigenvalue weighted by molar-refractivity contribution is 14.1. The molecule has 7 atom stereocenters. The number of thiazole rings is 1. The second-order valence-electron chi connectivity index (χ2n) is 10.0. The largest absolute Gasteiger partial charge is 0.458 e. The van der Waals surface area contributed by atoms with Gasteiger partial charge < -0.3 is 19.7 Å². The number of hydrogen-bond acceptors (Lipinski definition) is 8. The molecule has 1 aliphatic carbocycles. The van der Waals surface area contributed by atoms with Gasteiger partial charge in [0.25, 0.3) is 0 Å². The molecule has 9 heteroatoms. The molecule has 3 heterocycles. The average Bonchev–Trinajstić information content (AvgIpc) is 3.30. The molecule has 2 N–H and O–H groups in total. The number of ketones is 1. The zero-order valence-electron chi connectivity index (χ0n) is 20.4. The van der Waals surface area contributed by atoms with Gasteiger partial charge in [0.1, 0.15) is 6.10 Å². The van der Waals surface area contributed by atoms with Crippen LogP contribution in [0.25, 0.3) is 6.08 Å². The number of aliphatic hydroxyl groups is 2. The van der Waals surface area contributed by atoms with Crippen LogP contribution in [0.4, 0.5) is 0 Å². The maximum absolute atomic E-state index is 12.9. The summed E-state index contributed by atoms with van der Waals surface area (Å²) in [6, 6.07) is 0. The van der Waals surface area contributed by atoms with Crippen molar-refractivity contribution < 1.29 is 29.3 Å². The highest BCUT2D eigenvalue weighted by atomic mass is 127. The van der Waals surface area contributed by atoms with Gasteiger partial charge in [-0.1, -0.05) is 35.6 Å². The lowest BCUT2D eigenvalue weighted by molar-refractivity contribution is -0.149. The number of aliphatic hydroxyl groups excluding tert-OH is 2. The van der Waals surface area contributed by atoms with Crippen molar-refractivity contribution in [2.24, 2.45) is 11.8 Å². The summed E-state index contributed by atoms with van der Waals surface area (Å²) >= 11 is 3.93. The summed E-state index contributed by atoms with van der Waals surface area (Å²) in [6.07, 6.45) is 4.56. The number of alkyl halides is 1. The van der Waals surface area contributed by atoms with E-state index in [0.29, 0.717) is 12.8 Å². The summed E-state index contributed by atoms with van der Waals surface area (Å²) in [5.41, 5.74) is 1.66. The first-order valence-electron chi connectivity index (χ1n) is 12.3. The summed E-state index contributed by atoms with van der Waals surface area (Å²) in [5, 5.41) is 24.4. The Hall–Kier alpha value is -1.14. The minimum absolute atomic E-state index is 0.0219. The molecule has 0 radical (unpaired) electrons. The number of halogens is 1. The van der Waals surface area contributed by atoms with Crippen molar-refractivity contribution in [3.05, 3.63) is 33.3 Å². The molecule has 192 valence electrons. The maximum atomic E-state index is 12.9. The fourth-order valence-corrected chi connectivity index (χ4v) is 6.86. The van der Waals surface area contributed by atoms with Crippen LogP contribution >= 0.6 is 33.9 Å². The van der Waals surface area contributed by atoms with Crippen LogP contribution in [0.15, 0.2) is 22.6 Å². The van der Waals surface area contributed by atoms with Crippen molar-refractivity contribution in [2.45, 2.75) is 89.3 Å². The first-order chi connectivity index (χ1) is 16.6. The molecule has 2 bridgehead atoms. The molecule has 2 aliphatic heterocycles. The van der Waals surface area contributed by atoms with Crippen LogP contribution in [0.3, 0.4) is 0 Å². The van der Waals surface area contributed by atoms with Crippen molar-refractivity contribution in [1.29, 1.82) is 0 Å². The third kappa shape index (κ3) is 6.06. The minimum Gasteiger partial charge on any atom is -0.458 e. The van der Waals surface area contributed by atoms with E-state index in [4.69, 9.17) is 9.47 Å². The van der Waals surface area contributed by atoms with Crippen LogP contribution in [-0.4, -0.2) is 61.4 Å². The summed E-state index contributed by atoms with van der Waals surface area (Å²) in [6.45, 7) is 5.56. The highest BCUT2D eigenvalue weighted by Crippen LogP contribution is 2.48. The van der Waals surface area contributed by atoms with E-state index >= 15 is 0 Å². The quantitative estimate of drug-likeness (QED) is 0.227. The first-order valence-corrected chi connectivity index (χ1v) is 14.7. The summed E-state index contributed by atoms with van der Waals surface area (Å²) in [4.78, 5) is 30.2. The zero-order valence-corrected chi connectivity index (χ0v) is 23.4. The summed E-state index contributed by atoms with van der Waals surface area (Å²) in [7, 11) is 0. The molecule has 7 nitrogen and oxygen atoms in total. The van der Waals surface area contributed by atoms with E-state index in [2.05, 4.69) is 27.6 Å². The Morgan fingerprint density at radius 3 is 2.83 bits per heavy atom. The number of carbonyl (C=O) groups is 2. The third-order valence-electron chi connectivity index (χ3n) is 7.55. The average molecular weight is 616 g/mol. The molecule has 0 saturated carbocycles. The summed E-state index contributed by atoms with van der Waals surface area (Å²) < 4.78 is 13.1. The first kappa shape index (κ1) is 26.9. The standard InChI is InChI=1S/C26H34INO6S/c1-14(9-18-13-35-16(3)28-18)21-12-22-26(34-22,7-8-27)6-4-5-17-10-19(20(29)11-23(30)33-21)25(32)15(2)24(17)31/h9-10,13,15,17,20-22,24,29,31H,4-8,11-12H2,1-3H3/b14-9+/t15-,17-,20+,21+,22?,24-,26?/m1/s1. The third-order valence-corrected chi connectivity index (χ3v) is 8.88. The number of fused-ring (bicyclic) bond motifs is 2. The number of aryl methyl sites for hydroxylation is 1. The molecule has 1 fully saturated rings. The van der Waals surface area contributed by atoms with Crippen molar-refractivity contribution >= 4 is 51.8 Å². The highest BCUT2D eigenvalue weighted by Gasteiger charge is 2.56. The van der Waals surface area contributed by atoms with Gasteiger partial charge in [-0.05, 0) is 51.2 Å². The van der Waals surface area contributed by atoms with Gasteiger partial charge in [-0.15, -0.1) is 11.3 Å². The fraction of sp³-hybridized carbons (Fsp3) is 0.654. The number of rotatable bonds is 4. The molecule has 0 spiro atoms. The maximum Gasteiger partial charge on any atom is 0.309 e. The van der Waals surface area contributed by atoms with Gasteiger partial charge >= 0.3 is 5.97 Å². The topological polar surface area (TPSA) is 109 Å². The van der Waals surface area contributed by atoms with E-state index in [-0.39, 0.29) is 35.4 Å². The fourth-order valence-electron chi connectivity index (χ4n) is 5.37. The molecule has 2 unspecified atom stereocenters. The Bertz CT molecular complexity index is 1020. The Morgan fingerprint density at radius 1 is 1.37 bits per heavy atom. The smallest absolute Gasteiger partial charge is 0.309 e. The number of ether oxygens (including phenoxy) is 2. The second kappa shape index (κ2) is 11.1. The van der Waals surface area contributed by atoms with Crippen LogP contribution in [0.1, 0.15) is 63.1 Å². The number of aromatic nitrogens is 1. The van der Waals surface area contributed by atoms with E-state index in [0.717, 1.165) is 40.0 Å². The normalized spacial score (nSPS) is 36.6. The van der Waals surface area contributed by atoms with Crippen LogP contribution < -0.4 is 0 Å². The lowest BCUT2D eigenvalue weighted by Crippen LogP contribution is -2.40. The van der Waals surface area contributed by atoms with E-state index in [1.54, 1.807) is 24.3 Å². The van der Waals surface area contributed by atoms with Gasteiger partial charge in [-0.3, -0.25) is 9.59 Å². The van der Waals surface area contributed by atoms with E-state index < -0.39 is 30.2 Å². The van der Waals surface area contributed by atoms with Crippen molar-refractivity contribution in [3.63, 3.8) is 0 Å². The zero-order chi connectivity index (χ0) is 25.3. The molecule has 1 saturated heterocycles. The van der Waals surface area contributed by atoms with Gasteiger partial charge in [0.15, 0.2) is 5.78 Å². The number of cyclic esters (lactones) is 1. The van der Waals surface area contributed by atoms with Gasteiger partial charge in [0.2, 0.25) is 0 Å². The predicted octanol–water partition coefficient (Wildman–Crippen LogP) is 4.18. The van der Waals surface area contributed by atoms with Gasteiger partial charge in [-0.2, -0.15) is 0 Å². The molecule has 0 amide bonds. The number of epoxide rings is 1. The Morgan fingerprint density at radius 2 is 2.14 bits per heavy atom. The number of Topliss-reactive ketones (excluding diaryl/α,β-unsaturated/α-hetero) is 1. The molecular formula is C26H34INO6S. The lowest BCUT2D eigenvalue weighted by Gasteiger charge is -2.32. The Labute approximate surface area is 224 Å². The molecule has 35 heavy (non-hydrogen) atoms. The van der Waals surface area contributed by atoms with E-state index in [1.165, 1.54) is 0 Å². The SMILES string of the molecule is C/C(=C\c1csc(C)n1)[C@@H]1CC2OC2(CCI)CCC[C@@H]2C=C(C(=O)[C@H](C)[C@H]2O)[C@@H](O)CC(=O)O1. The second-order valence-corrected chi connectivity index (χ2v) is 12.2. The minimum atomic E-state index is -1.25. The molecule has 0 aromatic carbocycles. The molecule has 1 aromatic heterocycles. The van der Waals surface area contributed by atoms with Crippen molar-refractivity contribution in [3.8, 4) is 0 Å². The molecular weight excluding hydrogens is 581 g/mol. The van der Waals surface area contributed by atoms with Gasteiger partial charge in [-0.25, -0.2) is 4.98 Å². The number of esters is 1. The van der Waals surface area contributed by atoms with Crippen LogP contribution in [0.2, 0.25) is 0 Å². The Balaban J connectivity index is 1.62. The van der Waals surface area contributed by atoms with Crippen LogP contribution in [0, 0.1) is 18.8 Å². The molecule has 1 aromatic rings. The summed E-state index contributed by atoms with van der Waals surface area (Å²) in [5.74, 6) is -1.73. The predicted molar refractivity (Wildman–Crippen MR) is 142 cm³/mol. The van der Waals surface area contributed by atoms with Crippen LogP contribution in [-0.2, 0) is 19.1 Å².